The molecular formula is C17H23N5O2. The van der Waals surface area contributed by atoms with Crippen molar-refractivity contribution in [1.82, 2.24) is 20.1 Å². The third-order valence-electron chi connectivity index (χ3n) is 4.19. The summed E-state index contributed by atoms with van der Waals surface area (Å²) < 4.78 is 5.83. The van der Waals surface area contributed by atoms with Crippen molar-refractivity contribution in [3.63, 3.8) is 0 Å². The van der Waals surface area contributed by atoms with Crippen LogP contribution >= 0.6 is 0 Å². The van der Waals surface area contributed by atoms with Gasteiger partial charge in [0.15, 0.2) is 11.6 Å². The summed E-state index contributed by atoms with van der Waals surface area (Å²) >= 11 is 0. The van der Waals surface area contributed by atoms with Crippen molar-refractivity contribution in [3.05, 3.63) is 47.5 Å². The number of aromatic nitrogens is 3. The number of carbonyl (C=O) groups is 1. The van der Waals surface area contributed by atoms with Crippen molar-refractivity contribution in [2.45, 2.75) is 31.9 Å². The van der Waals surface area contributed by atoms with Crippen LogP contribution in [0.25, 0.3) is 0 Å². The standard InChI is InChI=1S/C17H23N5O2/c1-11(2)16-19-17(21-20-16)13-10-22(8-9-24-13)14(15(18)23)12-6-4-3-5-7-12/h3-7,11,13-14H,8-10H2,1-2H3,(H2,18,23)(H,19,20,21). The summed E-state index contributed by atoms with van der Waals surface area (Å²) in [7, 11) is 0. The molecule has 2 heterocycles. The molecule has 1 fully saturated rings. The van der Waals surface area contributed by atoms with Gasteiger partial charge in [0, 0.05) is 19.0 Å². The average Bonchev–Trinajstić information content (AvgIpc) is 3.06. The molecule has 1 aromatic heterocycles. The van der Waals surface area contributed by atoms with Crippen LogP contribution in [-0.4, -0.2) is 45.7 Å². The largest absolute Gasteiger partial charge is 0.368 e. The highest BCUT2D eigenvalue weighted by atomic mass is 16.5. The van der Waals surface area contributed by atoms with Gasteiger partial charge in [-0.25, -0.2) is 4.98 Å². The molecule has 0 bridgehead atoms. The third kappa shape index (κ3) is 3.47. The number of hydrogen-bond acceptors (Lipinski definition) is 5. The number of carbonyl (C=O) groups excluding carboxylic acids is 1. The van der Waals surface area contributed by atoms with E-state index in [4.69, 9.17) is 10.5 Å². The minimum Gasteiger partial charge on any atom is -0.368 e. The van der Waals surface area contributed by atoms with Crippen LogP contribution in [0.3, 0.4) is 0 Å². The molecule has 2 aromatic rings. The number of morpholine rings is 1. The number of H-pyrrole nitrogens is 1. The molecule has 1 saturated heterocycles. The summed E-state index contributed by atoms with van der Waals surface area (Å²) in [5.41, 5.74) is 6.56. The summed E-state index contributed by atoms with van der Waals surface area (Å²) in [6.45, 7) is 5.78. The van der Waals surface area contributed by atoms with Gasteiger partial charge in [-0.2, -0.15) is 5.10 Å². The first-order chi connectivity index (χ1) is 11.6. The summed E-state index contributed by atoms with van der Waals surface area (Å²) in [5.74, 6) is 1.35. The predicted octanol–water partition coefficient (Wildman–Crippen LogP) is 1.53. The molecule has 2 atom stereocenters. The zero-order chi connectivity index (χ0) is 17.1. The van der Waals surface area contributed by atoms with Crippen LogP contribution in [0.15, 0.2) is 30.3 Å². The number of ether oxygens (including phenoxy) is 1. The van der Waals surface area contributed by atoms with E-state index in [1.54, 1.807) is 0 Å². The Labute approximate surface area is 141 Å². The Morgan fingerprint density at radius 2 is 2.12 bits per heavy atom. The second-order valence-corrected chi connectivity index (χ2v) is 6.30. The van der Waals surface area contributed by atoms with Crippen LogP contribution in [0.5, 0.6) is 0 Å². The Morgan fingerprint density at radius 3 is 2.75 bits per heavy atom. The Kier molecular flexibility index (Phi) is 4.92. The van der Waals surface area contributed by atoms with E-state index in [2.05, 4.69) is 15.2 Å². The molecule has 3 rings (SSSR count). The first-order valence-corrected chi connectivity index (χ1v) is 8.18. The Balaban J connectivity index is 1.79. The third-order valence-corrected chi connectivity index (χ3v) is 4.19. The van der Waals surface area contributed by atoms with E-state index in [1.807, 2.05) is 49.1 Å². The van der Waals surface area contributed by atoms with Crippen LogP contribution < -0.4 is 5.73 Å². The lowest BCUT2D eigenvalue weighted by Crippen LogP contribution is -2.45. The molecule has 7 heteroatoms. The molecular weight excluding hydrogens is 306 g/mol. The van der Waals surface area contributed by atoms with Crippen molar-refractivity contribution < 1.29 is 9.53 Å². The van der Waals surface area contributed by atoms with Crippen molar-refractivity contribution in [2.75, 3.05) is 19.7 Å². The second kappa shape index (κ2) is 7.11. The lowest BCUT2D eigenvalue weighted by molar-refractivity contribution is -0.127. The molecule has 7 nitrogen and oxygen atoms in total. The Bertz CT molecular complexity index is 685. The van der Waals surface area contributed by atoms with Gasteiger partial charge in [0.1, 0.15) is 12.1 Å². The fraction of sp³-hybridized carbons (Fsp3) is 0.471. The number of nitrogens with zero attached hydrogens (tertiary/aromatic N) is 3. The SMILES string of the molecule is CC(C)c1n[nH]c(C2CN(C(C(N)=O)c3ccccc3)CCO2)n1. The number of hydrogen-bond donors (Lipinski definition) is 2. The normalized spacial score (nSPS) is 20.2. The minimum atomic E-state index is -0.468. The van der Waals surface area contributed by atoms with Crippen LogP contribution in [-0.2, 0) is 9.53 Å². The summed E-state index contributed by atoms with van der Waals surface area (Å²) in [5, 5.41) is 7.18. The van der Waals surface area contributed by atoms with Crippen LogP contribution in [0, 0.1) is 0 Å². The number of rotatable bonds is 5. The van der Waals surface area contributed by atoms with Gasteiger partial charge < -0.3 is 10.5 Å². The van der Waals surface area contributed by atoms with Crippen LogP contribution in [0.1, 0.15) is 49.1 Å². The highest BCUT2D eigenvalue weighted by Gasteiger charge is 2.32. The fourth-order valence-electron chi connectivity index (χ4n) is 2.95. The number of benzene rings is 1. The molecule has 2 unspecified atom stereocenters. The van der Waals surface area contributed by atoms with Gasteiger partial charge in [0.25, 0.3) is 0 Å². The second-order valence-electron chi connectivity index (χ2n) is 6.30. The minimum absolute atomic E-state index is 0.246. The van der Waals surface area contributed by atoms with E-state index in [0.29, 0.717) is 25.5 Å². The monoisotopic (exact) mass is 329 g/mol. The quantitative estimate of drug-likeness (QED) is 0.867. The number of amides is 1. The highest BCUT2D eigenvalue weighted by Crippen LogP contribution is 2.27. The highest BCUT2D eigenvalue weighted by molar-refractivity contribution is 5.81. The maximum Gasteiger partial charge on any atom is 0.239 e. The van der Waals surface area contributed by atoms with Gasteiger partial charge in [-0.3, -0.25) is 14.8 Å². The van der Waals surface area contributed by atoms with Gasteiger partial charge in [-0.15, -0.1) is 0 Å². The lowest BCUT2D eigenvalue weighted by Gasteiger charge is -2.36. The van der Waals surface area contributed by atoms with E-state index in [9.17, 15) is 4.79 Å². The molecule has 0 saturated carbocycles. The van der Waals surface area contributed by atoms with Crippen molar-refractivity contribution >= 4 is 5.91 Å². The molecule has 128 valence electrons. The van der Waals surface area contributed by atoms with Crippen molar-refractivity contribution in [3.8, 4) is 0 Å². The smallest absolute Gasteiger partial charge is 0.239 e. The Morgan fingerprint density at radius 1 is 1.38 bits per heavy atom. The van der Waals surface area contributed by atoms with Gasteiger partial charge in [0.2, 0.25) is 5.91 Å². The lowest BCUT2D eigenvalue weighted by atomic mass is 10.0. The number of nitrogens with two attached hydrogens (primary N) is 1. The van der Waals surface area contributed by atoms with E-state index < -0.39 is 6.04 Å². The molecule has 0 aliphatic carbocycles. The first kappa shape index (κ1) is 16.6. The average molecular weight is 329 g/mol. The maximum atomic E-state index is 12.0. The molecule has 1 amide bonds. The molecule has 1 aromatic carbocycles. The maximum absolute atomic E-state index is 12.0. The summed E-state index contributed by atoms with van der Waals surface area (Å²) in [6.07, 6.45) is -0.246. The number of aromatic amines is 1. The molecule has 0 spiro atoms. The zero-order valence-corrected chi connectivity index (χ0v) is 14.0. The summed E-state index contributed by atoms with van der Waals surface area (Å²) in [6, 6.07) is 9.12. The van der Waals surface area contributed by atoms with E-state index in [-0.39, 0.29) is 17.9 Å². The Hall–Kier alpha value is -2.25. The van der Waals surface area contributed by atoms with E-state index >= 15 is 0 Å². The fourth-order valence-corrected chi connectivity index (χ4v) is 2.95. The summed E-state index contributed by atoms with van der Waals surface area (Å²) in [4.78, 5) is 18.6. The van der Waals surface area contributed by atoms with Gasteiger partial charge in [-0.05, 0) is 5.56 Å². The number of primary amides is 1. The van der Waals surface area contributed by atoms with E-state index in [1.165, 1.54) is 0 Å². The van der Waals surface area contributed by atoms with Gasteiger partial charge >= 0.3 is 0 Å². The number of nitrogens with one attached hydrogen (secondary N) is 1. The van der Waals surface area contributed by atoms with E-state index in [0.717, 1.165) is 11.4 Å². The molecule has 0 radical (unpaired) electrons. The molecule has 3 N–H and O–H groups in total. The van der Waals surface area contributed by atoms with Gasteiger partial charge in [0.05, 0.1) is 6.61 Å². The van der Waals surface area contributed by atoms with Crippen molar-refractivity contribution in [1.29, 1.82) is 0 Å². The molecule has 24 heavy (non-hydrogen) atoms. The van der Waals surface area contributed by atoms with Crippen LogP contribution in [0.4, 0.5) is 0 Å². The topological polar surface area (TPSA) is 97.1 Å². The van der Waals surface area contributed by atoms with Gasteiger partial charge in [-0.1, -0.05) is 44.2 Å². The molecule has 1 aliphatic heterocycles. The molecule has 1 aliphatic rings. The zero-order valence-electron chi connectivity index (χ0n) is 14.0. The first-order valence-electron chi connectivity index (χ1n) is 8.18. The predicted molar refractivity (Wildman–Crippen MR) is 89.1 cm³/mol. The van der Waals surface area contributed by atoms with Crippen LogP contribution in [0.2, 0.25) is 0 Å². The van der Waals surface area contributed by atoms with Crippen molar-refractivity contribution in [2.24, 2.45) is 5.73 Å².